The van der Waals surface area contributed by atoms with E-state index in [1.165, 1.54) is 0 Å². The number of aliphatic hydroxyl groups excluding tert-OH is 1. The Morgan fingerprint density at radius 1 is 1.10 bits per heavy atom. The minimum absolute atomic E-state index is 0.0217. The van der Waals surface area contributed by atoms with Crippen molar-refractivity contribution < 1.29 is 24.2 Å². The first-order valence-corrected chi connectivity index (χ1v) is 14.3. The van der Waals surface area contributed by atoms with Crippen LogP contribution in [0.15, 0.2) is 30.3 Å². The zero-order valence-corrected chi connectivity index (χ0v) is 24.8. The molecule has 39 heavy (non-hydrogen) atoms. The molecule has 0 aliphatic carbocycles. The molecule has 1 aromatic carbocycles. The van der Waals surface area contributed by atoms with E-state index in [1.54, 1.807) is 4.90 Å². The lowest BCUT2D eigenvalue weighted by Crippen LogP contribution is -2.62. The molecule has 3 N–H and O–H groups in total. The number of nitrogens with zero attached hydrogens (tertiary/aromatic N) is 1. The summed E-state index contributed by atoms with van der Waals surface area (Å²) in [7, 11) is 0. The molecule has 3 aliphatic rings. The van der Waals surface area contributed by atoms with Crippen LogP contribution in [0, 0.1) is 23.2 Å². The summed E-state index contributed by atoms with van der Waals surface area (Å²) >= 11 is 0. The molecule has 0 aromatic heterocycles. The number of ether oxygens (including phenoxy) is 1. The SMILES string of the molecule is CC(C)[C@H](CO)N1C(=O)[C@@H]2[C@@H](C(=O)NCc3ccccc3)[C@@]3(C)CCC2(O3)C1C(=O)NC(C)(C)CC(C)(C)C. The number of hydrogen-bond acceptors (Lipinski definition) is 5. The van der Waals surface area contributed by atoms with Crippen molar-refractivity contribution in [3.05, 3.63) is 35.9 Å². The number of carbonyl (C=O) groups is 3. The third-order valence-electron chi connectivity index (χ3n) is 8.80. The van der Waals surface area contributed by atoms with Crippen molar-refractivity contribution in [2.75, 3.05) is 6.61 Å². The summed E-state index contributed by atoms with van der Waals surface area (Å²) in [4.78, 5) is 43.8. The fourth-order valence-corrected chi connectivity index (χ4v) is 7.71. The van der Waals surface area contributed by atoms with Crippen molar-refractivity contribution in [1.82, 2.24) is 15.5 Å². The van der Waals surface area contributed by atoms with E-state index in [9.17, 15) is 19.5 Å². The molecule has 0 saturated carbocycles. The molecule has 3 heterocycles. The maximum absolute atomic E-state index is 14.3. The summed E-state index contributed by atoms with van der Waals surface area (Å²) in [5.41, 5.74) is -1.55. The molecule has 3 fully saturated rings. The second-order valence-corrected chi connectivity index (χ2v) is 14.3. The van der Waals surface area contributed by atoms with Gasteiger partial charge in [0.1, 0.15) is 11.6 Å². The van der Waals surface area contributed by atoms with Gasteiger partial charge in [0, 0.05) is 12.1 Å². The van der Waals surface area contributed by atoms with Crippen LogP contribution in [0.2, 0.25) is 0 Å². The van der Waals surface area contributed by atoms with Gasteiger partial charge in [-0.2, -0.15) is 0 Å². The van der Waals surface area contributed by atoms with Crippen LogP contribution >= 0.6 is 0 Å². The normalized spacial score (nSPS) is 31.0. The Bertz CT molecular complexity index is 1100. The predicted octanol–water partition coefficient (Wildman–Crippen LogP) is 3.42. The van der Waals surface area contributed by atoms with Gasteiger partial charge in [-0.1, -0.05) is 65.0 Å². The Morgan fingerprint density at radius 3 is 2.31 bits per heavy atom. The summed E-state index contributed by atoms with van der Waals surface area (Å²) in [6.45, 7) is 16.2. The van der Waals surface area contributed by atoms with E-state index in [0.717, 1.165) is 12.0 Å². The number of hydrogen-bond donors (Lipinski definition) is 3. The van der Waals surface area contributed by atoms with Gasteiger partial charge in [-0.15, -0.1) is 0 Å². The first-order valence-electron chi connectivity index (χ1n) is 14.3. The van der Waals surface area contributed by atoms with E-state index in [-0.39, 0.29) is 35.7 Å². The molecule has 2 bridgehead atoms. The second kappa shape index (κ2) is 10.2. The van der Waals surface area contributed by atoms with Crippen LogP contribution in [0.5, 0.6) is 0 Å². The molecule has 1 spiro atoms. The standard InChI is InChI=1S/C31H47N3O5/c1-19(2)21(17-35)34-24(26(37)33-29(6,7)18-28(3,4)5)31-15-14-30(8,39-31)22(23(31)27(34)38)25(36)32-16-20-12-10-9-11-13-20/h9-13,19,21-24,35H,14-18H2,1-8H3,(H,32,36)(H,33,37)/t21-,22-,23-,24?,30+,31?/m0/s1. The number of amides is 3. The van der Waals surface area contributed by atoms with E-state index < -0.39 is 40.7 Å². The van der Waals surface area contributed by atoms with E-state index in [2.05, 4.69) is 31.4 Å². The number of benzene rings is 1. The molecule has 4 rings (SSSR count). The van der Waals surface area contributed by atoms with Gasteiger partial charge in [-0.3, -0.25) is 14.4 Å². The van der Waals surface area contributed by atoms with Gasteiger partial charge < -0.3 is 25.4 Å². The largest absolute Gasteiger partial charge is 0.394 e. The van der Waals surface area contributed by atoms with E-state index in [1.807, 2.05) is 65.0 Å². The quantitative estimate of drug-likeness (QED) is 0.444. The number of fused-ring (bicyclic) bond motifs is 1. The molecule has 8 heteroatoms. The zero-order chi connectivity index (χ0) is 29.0. The summed E-state index contributed by atoms with van der Waals surface area (Å²) in [5.74, 6) is -2.41. The zero-order valence-electron chi connectivity index (χ0n) is 24.8. The Labute approximate surface area is 233 Å². The lowest BCUT2D eigenvalue weighted by molar-refractivity contribution is -0.151. The van der Waals surface area contributed by atoms with Crippen LogP contribution in [-0.2, 0) is 25.7 Å². The lowest BCUT2D eigenvalue weighted by Gasteiger charge is -2.41. The summed E-state index contributed by atoms with van der Waals surface area (Å²) in [6.07, 6.45) is 1.82. The van der Waals surface area contributed by atoms with Crippen LogP contribution in [0.1, 0.15) is 80.2 Å². The first-order chi connectivity index (χ1) is 18.1. The van der Waals surface area contributed by atoms with Crippen LogP contribution in [-0.4, -0.2) is 63.2 Å². The highest BCUT2D eigenvalue weighted by molar-refractivity contribution is 5.99. The molecule has 0 radical (unpaired) electrons. The van der Waals surface area contributed by atoms with Crippen LogP contribution in [0.4, 0.5) is 0 Å². The molecule has 8 nitrogen and oxygen atoms in total. The Balaban J connectivity index is 1.70. The summed E-state index contributed by atoms with van der Waals surface area (Å²) in [5, 5.41) is 16.6. The highest BCUT2D eigenvalue weighted by Crippen LogP contribution is 2.63. The molecule has 3 aliphatic heterocycles. The molecule has 3 saturated heterocycles. The van der Waals surface area contributed by atoms with Gasteiger partial charge in [0.2, 0.25) is 17.7 Å². The second-order valence-electron chi connectivity index (χ2n) is 14.3. The monoisotopic (exact) mass is 541 g/mol. The fraction of sp³-hybridized carbons (Fsp3) is 0.710. The number of carbonyl (C=O) groups excluding carboxylic acids is 3. The molecule has 6 atom stereocenters. The molecule has 216 valence electrons. The van der Waals surface area contributed by atoms with Gasteiger partial charge in [0.15, 0.2) is 0 Å². The average Bonchev–Trinajstić information content (AvgIpc) is 3.37. The van der Waals surface area contributed by atoms with Crippen molar-refractivity contribution >= 4 is 17.7 Å². The maximum atomic E-state index is 14.3. The highest BCUT2D eigenvalue weighted by atomic mass is 16.5. The summed E-state index contributed by atoms with van der Waals surface area (Å²) in [6, 6.07) is 8.15. The Hall–Kier alpha value is -2.45. The Kier molecular flexibility index (Phi) is 7.71. The van der Waals surface area contributed by atoms with E-state index in [0.29, 0.717) is 19.4 Å². The third kappa shape index (κ3) is 5.34. The minimum atomic E-state index is -1.12. The van der Waals surface area contributed by atoms with Gasteiger partial charge in [0.25, 0.3) is 0 Å². The maximum Gasteiger partial charge on any atom is 0.246 e. The van der Waals surface area contributed by atoms with E-state index >= 15 is 0 Å². The van der Waals surface area contributed by atoms with Crippen LogP contribution < -0.4 is 10.6 Å². The van der Waals surface area contributed by atoms with Gasteiger partial charge in [0.05, 0.1) is 30.1 Å². The topological polar surface area (TPSA) is 108 Å². The average molecular weight is 542 g/mol. The number of nitrogens with one attached hydrogen (secondary N) is 2. The predicted molar refractivity (Wildman–Crippen MR) is 149 cm³/mol. The fourth-order valence-electron chi connectivity index (χ4n) is 7.71. The molecule has 3 amide bonds. The number of likely N-dealkylation sites (tertiary alicyclic amines) is 1. The lowest BCUT2D eigenvalue weighted by atomic mass is 9.66. The smallest absolute Gasteiger partial charge is 0.246 e. The van der Waals surface area contributed by atoms with Gasteiger partial charge in [-0.25, -0.2) is 0 Å². The van der Waals surface area contributed by atoms with Crippen molar-refractivity contribution in [2.45, 2.75) is 110 Å². The van der Waals surface area contributed by atoms with Crippen molar-refractivity contribution in [1.29, 1.82) is 0 Å². The molecular formula is C31H47N3O5. The van der Waals surface area contributed by atoms with Crippen molar-refractivity contribution in [2.24, 2.45) is 23.2 Å². The molecule has 2 unspecified atom stereocenters. The highest BCUT2D eigenvalue weighted by Gasteiger charge is 2.78. The Morgan fingerprint density at radius 2 is 1.74 bits per heavy atom. The third-order valence-corrected chi connectivity index (χ3v) is 8.80. The van der Waals surface area contributed by atoms with Crippen molar-refractivity contribution in [3.8, 4) is 0 Å². The minimum Gasteiger partial charge on any atom is -0.394 e. The van der Waals surface area contributed by atoms with Crippen LogP contribution in [0.3, 0.4) is 0 Å². The number of aliphatic hydroxyl groups is 1. The molecular weight excluding hydrogens is 494 g/mol. The van der Waals surface area contributed by atoms with Crippen molar-refractivity contribution in [3.63, 3.8) is 0 Å². The van der Waals surface area contributed by atoms with E-state index in [4.69, 9.17) is 4.74 Å². The molecule has 1 aromatic rings. The van der Waals surface area contributed by atoms with Crippen LogP contribution in [0.25, 0.3) is 0 Å². The van der Waals surface area contributed by atoms with Gasteiger partial charge >= 0.3 is 0 Å². The number of rotatable bonds is 9. The first kappa shape index (κ1) is 29.5. The van der Waals surface area contributed by atoms with Gasteiger partial charge in [-0.05, 0) is 56.9 Å². The summed E-state index contributed by atoms with van der Waals surface area (Å²) < 4.78 is 6.72.